The van der Waals surface area contributed by atoms with Crippen molar-refractivity contribution in [2.24, 2.45) is 0 Å². The molecule has 0 saturated carbocycles. The van der Waals surface area contributed by atoms with Crippen molar-refractivity contribution >= 4 is 21.7 Å². The van der Waals surface area contributed by atoms with Gasteiger partial charge < -0.3 is 15.2 Å². The minimum absolute atomic E-state index is 0.0534. The molecular weight excluding hydrogens is 401 g/mol. The molecule has 1 aliphatic heterocycles. The van der Waals surface area contributed by atoms with E-state index in [1.807, 2.05) is 0 Å². The maximum Gasteiger partial charge on any atom is 0.319 e. The molecular formula is C18H24FN5O4S. The van der Waals surface area contributed by atoms with Crippen molar-refractivity contribution in [1.29, 1.82) is 0 Å². The number of carbonyl (C=O) groups is 1. The molecule has 11 heteroatoms. The molecule has 2 heterocycles. The van der Waals surface area contributed by atoms with Crippen LogP contribution in [0.2, 0.25) is 0 Å². The van der Waals surface area contributed by atoms with Crippen LogP contribution in [0.3, 0.4) is 0 Å². The first-order valence-corrected chi connectivity index (χ1v) is 11.2. The quantitative estimate of drug-likeness (QED) is 0.731. The van der Waals surface area contributed by atoms with Gasteiger partial charge in [-0.2, -0.15) is 4.98 Å². The van der Waals surface area contributed by atoms with Gasteiger partial charge in [-0.25, -0.2) is 21.9 Å². The lowest BCUT2D eigenvalue weighted by molar-refractivity contribution is 0.251. The highest BCUT2D eigenvalue weighted by molar-refractivity contribution is 7.88. The van der Waals surface area contributed by atoms with Crippen molar-refractivity contribution in [3.05, 3.63) is 41.3 Å². The van der Waals surface area contributed by atoms with Gasteiger partial charge in [-0.1, -0.05) is 11.2 Å². The fraction of sp³-hybridized carbons (Fsp3) is 0.500. The summed E-state index contributed by atoms with van der Waals surface area (Å²) >= 11 is 0. The largest absolute Gasteiger partial charge is 0.339 e. The Kier molecular flexibility index (Phi) is 6.48. The lowest BCUT2D eigenvalue weighted by Gasteiger charge is -2.28. The predicted molar refractivity (Wildman–Crippen MR) is 105 cm³/mol. The maximum absolute atomic E-state index is 13.5. The number of aromatic nitrogens is 2. The molecule has 3 rings (SSSR count). The molecule has 1 aromatic carbocycles. The average Bonchev–Trinajstić information content (AvgIpc) is 3.14. The highest BCUT2D eigenvalue weighted by Crippen LogP contribution is 2.27. The molecule has 1 aliphatic rings. The van der Waals surface area contributed by atoms with Crippen LogP contribution in [0, 0.1) is 12.7 Å². The van der Waals surface area contributed by atoms with E-state index in [0.717, 1.165) is 0 Å². The molecule has 0 aliphatic carbocycles. The number of sulfonamides is 1. The Morgan fingerprint density at radius 1 is 1.34 bits per heavy atom. The Labute approximate surface area is 168 Å². The van der Waals surface area contributed by atoms with Gasteiger partial charge in [0.25, 0.3) is 0 Å². The number of hydrogen-bond acceptors (Lipinski definition) is 6. The van der Waals surface area contributed by atoms with Crippen LogP contribution >= 0.6 is 0 Å². The summed E-state index contributed by atoms with van der Waals surface area (Å²) in [4.78, 5) is 16.3. The number of nitrogens with zero attached hydrogens (tertiary/aromatic N) is 3. The van der Waals surface area contributed by atoms with E-state index in [4.69, 9.17) is 4.52 Å². The second-order valence-electron chi connectivity index (χ2n) is 7.03. The van der Waals surface area contributed by atoms with Crippen molar-refractivity contribution in [2.75, 3.05) is 31.2 Å². The van der Waals surface area contributed by atoms with Gasteiger partial charge in [0.05, 0.1) is 6.26 Å². The van der Waals surface area contributed by atoms with E-state index in [-0.39, 0.29) is 18.3 Å². The Balaban J connectivity index is 1.45. The molecule has 0 spiro atoms. The number of piperidine rings is 1. The van der Waals surface area contributed by atoms with Gasteiger partial charge in [-0.15, -0.1) is 0 Å². The summed E-state index contributed by atoms with van der Waals surface area (Å²) in [5.41, 5.74) is 0.772. The first-order valence-electron chi connectivity index (χ1n) is 9.31. The molecule has 1 saturated heterocycles. The van der Waals surface area contributed by atoms with Crippen LogP contribution in [-0.4, -0.2) is 54.8 Å². The zero-order valence-electron chi connectivity index (χ0n) is 16.3. The number of carbonyl (C=O) groups excluding carboxylic acids is 1. The lowest BCUT2D eigenvalue weighted by Crippen LogP contribution is -2.37. The van der Waals surface area contributed by atoms with Crippen LogP contribution < -0.4 is 10.6 Å². The summed E-state index contributed by atoms with van der Waals surface area (Å²) in [7, 11) is -3.17. The Morgan fingerprint density at radius 3 is 2.76 bits per heavy atom. The number of halogens is 1. The highest BCUT2D eigenvalue weighted by atomic mass is 32.2. The number of urea groups is 1. The summed E-state index contributed by atoms with van der Waals surface area (Å²) in [6.45, 7) is 2.74. The molecule has 0 bridgehead atoms. The predicted octanol–water partition coefficient (Wildman–Crippen LogP) is 2.02. The van der Waals surface area contributed by atoms with E-state index in [9.17, 15) is 17.6 Å². The van der Waals surface area contributed by atoms with Gasteiger partial charge >= 0.3 is 6.03 Å². The van der Waals surface area contributed by atoms with E-state index in [2.05, 4.69) is 20.8 Å². The minimum atomic E-state index is -3.17. The van der Waals surface area contributed by atoms with E-state index < -0.39 is 16.1 Å². The molecule has 0 atom stereocenters. The van der Waals surface area contributed by atoms with E-state index in [1.165, 1.54) is 22.7 Å². The molecule has 2 amide bonds. The van der Waals surface area contributed by atoms with Crippen molar-refractivity contribution in [3.63, 3.8) is 0 Å². The van der Waals surface area contributed by atoms with Crippen molar-refractivity contribution in [1.82, 2.24) is 19.8 Å². The number of rotatable bonds is 6. The Morgan fingerprint density at radius 2 is 2.07 bits per heavy atom. The van der Waals surface area contributed by atoms with Crippen LogP contribution in [-0.2, 0) is 16.4 Å². The number of hydrogen-bond donors (Lipinski definition) is 2. The molecule has 1 aromatic heterocycles. The molecule has 158 valence electrons. The van der Waals surface area contributed by atoms with Gasteiger partial charge in [0.1, 0.15) is 5.82 Å². The van der Waals surface area contributed by atoms with Crippen molar-refractivity contribution in [2.45, 2.75) is 32.1 Å². The van der Waals surface area contributed by atoms with Gasteiger partial charge in [-0.05, 0) is 31.9 Å². The van der Waals surface area contributed by atoms with Gasteiger partial charge in [0, 0.05) is 43.2 Å². The SMILES string of the molecule is Cc1c(F)cccc1NC(=O)NCCc1nc(C2CCN(S(C)(=O)=O)CC2)no1. The molecule has 0 radical (unpaired) electrons. The summed E-state index contributed by atoms with van der Waals surface area (Å²) < 4.78 is 43.3. The molecule has 1 fully saturated rings. The second-order valence-corrected chi connectivity index (χ2v) is 9.01. The number of amides is 2. The fourth-order valence-corrected chi connectivity index (χ4v) is 4.05. The lowest BCUT2D eigenvalue weighted by atomic mass is 9.97. The zero-order valence-corrected chi connectivity index (χ0v) is 17.1. The molecule has 29 heavy (non-hydrogen) atoms. The van der Waals surface area contributed by atoms with Crippen LogP contribution in [0.1, 0.15) is 36.0 Å². The Bertz CT molecular complexity index is 970. The fourth-order valence-electron chi connectivity index (χ4n) is 3.17. The third kappa shape index (κ3) is 5.51. The van der Waals surface area contributed by atoms with E-state index in [1.54, 1.807) is 13.0 Å². The zero-order chi connectivity index (χ0) is 21.0. The number of benzene rings is 1. The first kappa shape index (κ1) is 21.2. The average molecular weight is 425 g/mol. The first-order chi connectivity index (χ1) is 13.7. The third-order valence-corrected chi connectivity index (χ3v) is 6.22. The molecule has 9 nitrogen and oxygen atoms in total. The summed E-state index contributed by atoms with van der Waals surface area (Å²) in [5, 5.41) is 9.25. The summed E-state index contributed by atoms with van der Waals surface area (Å²) in [6.07, 6.45) is 2.84. The Hall–Kier alpha value is -2.53. The molecule has 2 aromatic rings. The second kappa shape index (κ2) is 8.87. The topological polar surface area (TPSA) is 117 Å². The van der Waals surface area contributed by atoms with Gasteiger partial charge in [0.15, 0.2) is 5.82 Å². The standard InChI is InChI=1S/C18H24FN5O4S/c1-12-14(19)4-3-5-15(12)21-18(25)20-9-6-16-22-17(23-28-16)13-7-10-24(11-8-13)29(2,26)27/h3-5,13H,6-11H2,1-2H3,(H2,20,21,25). The van der Waals surface area contributed by atoms with Crippen molar-refractivity contribution in [3.8, 4) is 0 Å². The maximum atomic E-state index is 13.5. The van der Waals surface area contributed by atoms with Crippen LogP contribution in [0.15, 0.2) is 22.7 Å². The minimum Gasteiger partial charge on any atom is -0.339 e. The molecule has 0 unspecified atom stereocenters. The molecule has 2 N–H and O–H groups in total. The monoisotopic (exact) mass is 425 g/mol. The van der Waals surface area contributed by atoms with E-state index >= 15 is 0 Å². The van der Waals surface area contributed by atoms with Gasteiger partial charge in [-0.3, -0.25) is 0 Å². The van der Waals surface area contributed by atoms with Crippen molar-refractivity contribution < 1.29 is 22.1 Å². The highest BCUT2D eigenvalue weighted by Gasteiger charge is 2.28. The number of anilines is 1. The summed E-state index contributed by atoms with van der Waals surface area (Å²) in [5.74, 6) is 0.627. The van der Waals surface area contributed by atoms with Crippen LogP contribution in [0.25, 0.3) is 0 Å². The number of nitrogens with one attached hydrogen (secondary N) is 2. The van der Waals surface area contributed by atoms with Gasteiger partial charge in [0.2, 0.25) is 15.9 Å². The van der Waals surface area contributed by atoms with Crippen LogP contribution in [0.4, 0.5) is 14.9 Å². The smallest absolute Gasteiger partial charge is 0.319 e. The van der Waals surface area contributed by atoms with Crippen LogP contribution in [0.5, 0.6) is 0 Å². The normalized spacial score (nSPS) is 16.0. The summed E-state index contributed by atoms with van der Waals surface area (Å²) in [6, 6.07) is 4.03. The third-order valence-electron chi connectivity index (χ3n) is 4.91. The van der Waals surface area contributed by atoms with E-state index in [0.29, 0.717) is 55.3 Å².